The first-order chi connectivity index (χ1) is 17.2. The molecule has 0 radical (unpaired) electrons. The van der Waals surface area contributed by atoms with Gasteiger partial charge >= 0.3 is 0 Å². The number of nitrogens with one attached hydrogen (secondary N) is 2. The molecule has 2 aromatic carbocycles. The standard InChI is InChI=1S/C28H33N3O4/c32-26(31-13-11-19-9-10-21(16-25(19)31)35-22-12-14-34-17-22)15-18-5-7-20(8-6-18)27-23-3-1-2-4-24(23)28(33)30-29-27/h5-10,16,22-24,27,29H,1-4,11-15,17H2,(H,30,33)/t22-,23?,24?,27?/m1/s1. The van der Waals surface area contributed by atoms with Crippen molar-refractivity contribution in [2.75, 3.05) is 24.7 Å². The number of rotatable bonds is 5. The van der Waals surface area contributed by atoms with Crippen molar-refractivity contribution in [3.63, 3.8) is 0 Å². The highest BCUT2D eigenvalue weighted by Gasteiger charge is 2.40. The summed E-state index contributed by atoms with van der Waals surface area (Å²) in [5, 5.41) is 0. The number of benzene rings is 2. The van der Waals surface area contributed by atoms with Crippen LogP contribution in [-0.2, 0) is 27.2 Å². The van der Waals surface area contributed by atoms with Gasteiger partial charge < -0.3 is 14.4 Å². The number of hydrogen-bond acceptors (Lipinski definition) is 5. The summed E-state index contributed by atoms with van der Waals surface area (Å²) in [4.78, 5) is 27.4. The number of anilines is 1. The van der Waals surface area contributed by atoms with Gasteiger partial charge in [0, 0.05) is 24.9 Å². The number of carbonyl (C=O) groups excluding carboxylic acids is 2. The molecule has 6 rings (SSSR count). The van der Waals surface area contributed by atoms with Crippen LogP contribution in [0.3, 0.4) is 0 Å². The summed E-state index contributed by atoms with van der Waals surface area (Å²) in [6, 6.07) is 14.5. The first-order valence-electron chi connectivity index (χ1n) is 13.0. The van der Waals surface area contributed by atoms with Crippen molar-refractivity contribution in [3.8, 4) is 5.75 Å². The monoisotopic (exact) mass is 475 g/mol. The van der Waals surface area contributed by atoms with Gasteiger partial charge in [-0.05, 0) is 47.9 Å². The smallest absolute Gasteiger partial charge is 0.237 e. The number of carbonyl (C=O) groups is 2. The fraction of sp³-hybridized carbons (Fsp3) is 0.500. The molecule has 3 unspecified atom stereocenters. The second-order valence-electron chi connectivity index (χ2n) is 10.3. The highest BCUT2D eigenvalue weighted by molar-refractivity contribution is 5.97. The lowest BCUT2D eigenvalue weighted by Gasteiger charge is -2.41. The minimum Gasteiger partial charge on any atom is -0.488 e. The molecule has 0 aromatic heterocycles. The molecule has 4 aliphatic rings. The number of ether oxygens (including phenoxy) is 2. The van der Waals surface area contributed by atoms with Gasteiger partial charge in [-0.2, -0.15) is 0 Å². The van der Waals surface area contributed by atoms with Gasteiger partial charge in [0.15, 0.2) is 0 Å². The van der Waals surface area contributed by atoms with Crippen LogP contribution in [0.5, 0.6) is 5.75 Å². The van der Waals surface area contributed by atoms with Gasteiger partial charge in [0.2, 0.25) is 11.8 Å². The van der Waals surface area contributed by atoms with Gasteiger partial charge in [-0.25, -0.2) is 5.43 Å². The molecule has 2 amide bonds. The van der Waals surface area contributed by atoms with E-state index in [0.29, 0.717) is 25.5 Å². The molecular weight excluding hydrogens is 442 g/mol. The van der Waals surface area contributed by atoms with Gasteiger partial charge in [0.1, 0.15) is 11.9 Å². The largest absolute Gasteiger partial charge is 0.488 e. The zero-order chi connectivity index (χ0) is 23.8. The second-order valence-corrected chi connectivity index (χ2v) is 10.3. The van der Waals surface area contributed by atoms with Crippen LogP contribution in [0.25, 0.3) is 0 Å². The Bertz CT molecular complexity index is 1100. The highest BCUT2D eigenvalue weighted by Crippen LogP contribution is 2.40. The van der Waals surface area contributed by atoms with Crippen LogP contribution in [0, 0.1) is 11.8 Å². The van der Waals surface area contributed by atoms with Crippen molar-refractivity contribution in [3.05, 3.63) is 59.2 Å². The molecular formula is C28H33N3O4. The normalized spacial score (nSPS) is 27.8. The van der Waals surface area contributed by atoms with Gasteiger partial charge in [-0.15, -0.1) is 0 Å². The number of amides is 2. The lowest BCUT2D eigenvalue weighted by atomic mass is 9.72. The summed E-state index contributed by atoms with van der Waals surface area (Å²) in [5.74, 6) is 1.47. The SMILES string of the molecule is O=C1NNC(c2ccc(CC(=O)N3CCc4ccc(O[C@@H]5CCOC5)cc43)cc2)C2CCCCC12. The molecule has 2 N–H and O–H groups in total. The minimum atomic E-state index is 0.0907. The molecule has 3 heterocycles. The van der Waals surface area contributed by atoms with E-state index in [4.69, 9.17) is 9.47 Å². The Labute approximate surface area is 206 Å². The fourth-order valence-corrected chi connectivity index (χ4v) is 6.17. The number of hydrazine groups is 1. The molecule has 35 heavy (non-hydrogen) atoms. The van der Waals surface area contributed by atoms with E-state index in [2.05, 4.69) is 41.2 Å². The van der Waals surface area contributed by atoms with Crippen LogP contribution >= 0.6 is 0 Å². The topological polar surface area (TPSA) is 79.9 Å². The number of nitrogens with zero attached hydrogens (tertiary/aromatic N) is 1. The zero-order valence-corrected chi connectivity index (χ0v) is 20.0. The van der Waals surface area contributed by atoms with E-state index in [1.165, 1.54) is 17.5 Å². The second kappa shape index (κ2) is 9.63. The van der Waals surface area contributed by atoms with Crippen molar-refractivity contribution in [2.24, 2.45) is 11.8 Å². The quantitative estimate of drug-likeness (QED) is 0.692. The van der Waals surface area contributed by atoms with Gasteiger partial charge in [0.05, 0.1) is 31.4 Å². The zero-order valence-electron chi connectivity index (χ0n) is 20.0. The van der Waals surface area contributed by atoms with Gasteiger partial charge in [-0.3, -0.25) is 15.0 Å². The van der Waals surface area contributed by atoms with Gasteiger partial charge in [0.25, 0.3) is 0 Å². The Hall–Kier alpha value is -2.90. The third kappa shape index (κ3) is 4.55. The van der Waals surface area contributed by atoms with E-state index in [9.17, 15) is 9.59 Å². The van der Waals surface area contributed by atoms with Crippen LogP contribution in [0.1, 0.15) is 54.8 Å². The Morgan fingerprint density at radius 1 is 1.09 bits per heavy atom. The van der Waals surface area contributed by atoms with Crippen molar-refractivity contribution >= 4 is 17.5 Å². The maximum Gasteiger partial charge on any atom is 0.237 e. The average molecular weight is 476 g/mol. The molecule has 1 aliphatic carbocycles. The third-order valence-corrected chi connectivity index (χ3v) is 8.07. The molecule has 7 heteroatoms. The molecule has 184 valence electrons. The highest BCUT2D eigenvalue weighted by atomic mass is 16.5. The lowest BCUT2D eigenvalue weighted by Crippen LogP contribution is -2.55. The maximum atomic E-state index is 13.2. The number of fused-ring (bicyclic) bond motifs is 2. The van der Waals surface area contributed by atoms with Crippen LogP contribution in [0.2, 0.25) is 0 Å². The molecule has 7 nitrogen and oxygen atoms in total. The van der Waals surface area contributed by atoms with E-state index in [-0.39, 0.29) is 29.9 Å². The summed E-state index contributed by atoms with van der Waals surface area (Å²) < 4.78 is 11.5. The van der Waals surface area contributed by atoms with Crippen molar-refractivity contribution < 1.29 is 19.1 Å². The lowest BCUT2D eigenvalue weighted by molar-refractivity contribution is -0.133. The minimum absolute atomic E-state index is 0.0907. The van der Waals surface area contributed by atoms with Gasteiger partial charge in [-0.1, -0.05) is 43.2 Å². The first kappa shape index (κ1) is 22.6. The summed E-state index contributed by atoms with van der Waals surface area (Å²) >= 11 is 0. The van der Waals surface area contributed by atoms with E-state index in [1.807, 2.05) is 17.0 Å². The predicted octanol–water partition coefficient (Wildman–Crippen LogP) is 3.47. The van der Waals surface area contributed by atoms with Crippen LogP contribution < -0.4 is 20.5 Å². The maximum absolute atomic E-state index is 13.2. The van der Waals surface area contributed by atoms with Crippen molar-refractivity contribution in [1.82, 2.24) is 10.9 Å². The van der Waals surface area contributed by atoms with E-state index < -0.39 is 0 Å². The third-order valence-electron chi connectivity index (χ3n) is 8.07. The van der Waals surface area contributed by atoms with Crippen molar-refractivity contribution in [2.45, 2.75) is 57.1 Å². The Balaban J connectivity index is 1.12. The molecule has 0 bridgehead atoms. The summed E-state index contributed by atoms with van der Waals surface area (Å²) in [6.07, 6.45) is 6.58. The summed E-state index contributed by atoms with van der Waals surface area (Å²) in [5.41, 5.74) is 10.4. The van der Waals surface area contributed by atoms with E-state index in [1.54, 1.807) is 0 Å². The average Bonchev–Trinajstić information content (AvgIpc) is 3.55. The molecule has 4 atom stereocenters. The van der Waals surface area contributed by atoms with E-state index >= 15 is 0 Å². The van der Waals surface area contributed by atoms with Crippen LogP contribution in [0.15, 0.2) is 42.5 Å². The number of hydrogen-bond donors (Lipinski definition) is 2. The predicted molar refractivity (Wildman–Crippen MR) is 132 cm³/mol. The Kier molecular flexibility index (Phi) is 6.20. The van der Waals surface area contributed by atoms with E-state index in [0.717, 1.165) is 55.7 Å². The molecule has 1 saturated carbocycles. The molecule has 3 aliphatic heterocycles. The molecule has 2 saturated heterocycles. The molecule has 3 fully saturated rings. The Morgan fingerprint density at radius 2 is 1.94 bits per heavy atom. The first-order valence-corrected chi connectivity index (χ1v) is 13.0. The Morgan fingerprint density at radius 3 is 2.77 bits per heavy atom. The van der Waals surface area contributed by atoms with Crippen LogP contribution in [-0.4, -0.2) is 37.7 Å². The molecule has 2 aromatic rings. The van der Waals surface area contributed by atoms with Crippen molar-refractivity contribution in [1.29, 1.82) is 0 Å². The summed E-state index contributed by atoms with van der Waals surface area (Å²) in [7, 11) is 0. The van der Waals surface area contributed by atoms with Crippen LogP contribution in [0.4, 0.5) is 5.69 Å². The molecule has 0 spiro atoms. The summed E-state index contributed by atoms with van der Waals surface area (Å²) in [6.45, 7) is 2.07. The fourth-order valence-electron chi connectivity index (χ4n) is 6.17.